The first-order valence-electron chi connectivity index (χ1n) is 12.0. The smallest absolute Gasteiger partial charge is 0.259 e. The highest BCUT2D eigenvalue weighted by Crippen LogP contribution is 2.40. The monoisotopic (exact) mass is 453 g/mol. The van der Waals surface area contributed by atoms with Crippen molar-refractivity contribution >= 4 is 22.5 Å². The summed E-state index contributed by atoms with van der Waals surface area (Å²) in [6.07, 6.45) is 5.99. The van der Waals surface area contributed by atoms with Crippen LogP contribution in [-0.2, 0) is 0 Å². The molecule has 0 bridgehead atoms. The minimum absolute atomic E-state index is 0.0377. The van der Waals surface area contributed by atoms with Gasteiger partial charge in [0.2, 0.25) is 11.8 Å². The van der Waals surface area contributed by atoms with Gasteiger partial charge in [0, 0.05) is 35.2 Å². The summed E-state index contributed by atoms with van der Waals surface area (Å²) in [6.45, 7) is 3.80. The maximum absolute atomic E-state index is 14.0. The van der Waals surface area contributed by atoms with Gasteiger partial charge in [0.05, 0.1) is 6.04 Å². The number of carbonyl (C=O) groups excluding carboxylic acids is 1. The summed E-state index contributed by atoms with van der Waals surface area (Å²) in [5.41, 5.74) is 2.55. The Morgan fingerprint density at radius 1 is 1.06 bits per heavy atom. The number of rotatable bonds is 5. The Morgan fingerprint density at radius 2 is 1.91 bits per heavy atom. The molecule has 0 spiro atoms. The summed E-state index contributed by atoms with van der Waals surface area (Å²) in [7, 11) is 0. The lowest BCUT2D eigenvalue weighted by Gasteiger charge is -2.35. The van der Waals surface area contributed by atoms with Gasteiger partial charge in [-0.1, -0.05) is 18.2 Å². The second-order valence-corrected chi connectivity index (χ2v) is 9.28. The fourth-order valence-corrected chi connectivity index (χ4v) is 4.80. The minimum atomic E-state index is -0.0484. The fourth-order valence-electron chi connectivity index (χ4n) is 4.80. The normalized spacial score (nSPS) is 18.2. The Bertz CT molecular complexity index is 1330. The second-order valence-electron chi connectivity index (χ2n) is 9.28. The summed E-state index contributed by atoms with van der Waals surface area (Å²) in [5.74, 6) is 2.30. The summed E-state index contributed by atoms with van der Waals surface area (Å²) in [4.78, 5) is 20.6. The molecule has 1 saturated carbocycles. The molecule has 1 aliphatic heterocycles. The standard InChI is InChI=1S/C27H27N5O2/c1-17-4-2-5-18-13-15-29-24(23(17)18)32(22-6-3-14-28-16-22)27(33)21-11-9-20(10-12-21)26-31-30-25(34-26)19-7-8-19/h2,4-5,9-13,15,19,22,28H,3,6-8,14,16H2,1H3/t22-/m1/s1. The Morgan fingerprint density at radius 3 is 2.68 bits per heavy atom. The predicted octanol–water partition coefficient (Wildman–Crippen LogP) is 4.87. The van der Waals surface area contributed by atoms with Crippen molar-refractivity contribution in [2.24, 2.45) is 0 Å². The summed E-state index contributed by atoms with van der Waals surface area (Å²) < 4.78 is 5.83. The van der Waals surface area contributed by atoms with Crippen molar-refractivity contribution in [3.05, 3.63) is 71.7 Å². The number of pyridine rings is 1. The molecule has 1 N–H and O–H groups in total. The molecule has 2 aromatic carbocycles. The van der Waals surface area contributed by atoms with E-state index in [2.05, 4.69) is 34.6 Å². The van der Waals surface area contributed by atoms with E-state index in [1.165, 1.54) is 0 Å². The Labute approximate surface area is 198 Å². The van der Waals surface area contributed by atoms with E-state index in [4.69, 9.17) is 9.40 Å². The molecule has 0 radical (unpaired) electrons. The van der Waals surface area contributed by atoms with Crippen LogP contribution in [0, 0.1) is 6.92 Å². The van der Waals surface area contributed by atoms with E-state index in [0.29, 0.717) is 23.3 Å². The van der Waals surface area contributed by atoms with Gasteiger partial charge in [-0.3, -0.25) is 9.69 Å². The van der Waals surface area contributed by atoms with E-state index in [-0.39, 0.29) is 11.9 Å². The number of piperidine rings is 1. The quantitative estimate of drug-likeness (QED) is 0.464. The third-order valence-corrected chi connectivity index (χ3v) is 6.81. The van der Waals surface area contributed by atoms with Crippen LogP contribution in [0.15, 0.2) is 59.1 Å². The minimum Gasteiger partial charge on any atom is -0.420 e. The molecule has 2 aromatic heterocycles. The molecule has 7 nitrogen and oxygen atoms in total. The fraction of sp³-hybridized carbons (Fsp3) is 0.333. The summed E-state index contributed by atoms with van der Waals surface area (Å²) in [5, 5.41) is 13.9. The van der Waals surface area contributed by atoms with Crippen molar-refractivity contribution in [3.63, 3.8) is 0 Å². The summed E-state index contributed by atoms with van der Waals surface area (Å²) in [6, 6.07) is 15.7. The number of anilines is 1. The first-order valence-corrected chi connectivity index (χ1v) is 12.0. The van der Waals surface area contributed by atoms with Gasteiger partial charge in [0.1, 0.15) is 5.82 Å². The molecule has 3 heterocycles. The van der Waals surface area contributed by atoms with Gasteiger partial charge >= 0.3 is 0 Å². The van der Waals surface area contributed by atoms with E-state index in [0.717, 1.165) is 66.5 Å². The lowest BCUT2D eigenvalue weighted by molar-refractivity contribution is 0.0972. The zero-order valence-corrected chi connectivity index (χ0v) is 19.2. The molecule has 1 aliphatic carbocycles. The molecule has 6 rings (SSSR count). The lowest BCUT2D eigenvalue weighted by Crippen LogP contribution is -2.49. The number of benzene rings is 2. The maximum Gasteiger partial charge on any atom is 0.259 e. The SMILES string of the molecule is Cc1cccc2ccnc(N(C(=O)c3ccc(-c4nnc(C5CC5)o4)cc3)[C@@H]3CCCNC3)c12. The van der Waals surface area contributed by atoms with Gasteiger partial charge in [-0.15, -0.1) is 10.2 Å². The number of fused-ring (bicyclic) bond motifs is 1. The summed E-state index contributed by atoms with van der Waals surface area (Å²) >= 11 is 0. The zero-order chi connectivity index (χ0) is 23.1. The molecule has 34 heavy (non-hydrogen) atoms. The van der Waals surface area contributed by atoms with Gasteiger partial charge in [-0.25, -0.2) is 4.98 Å². The van der Waals surface area contributed by atoms with Crippen molar-refractivity contribution in [1.29, 1.82) is 0 Å². The van der Waals surface area contributed by atoms with E-state index in [1.54, 1.807) is 6.20 Å². The predicted molar refractivity (Wildman–Crippen MR) is 131 cm³/mol. The zero-order valence-electron chi connectivity index (χ0n) is 19.2. The Balaban J connectivity index is 1.37. The number of nitrogens with one attached hydrogen (secondary N) is 1. The number of hydrogen-bond acceptors (Lipinski definition) is 6. The van der Waals surface area contributed by atoms with Crippen molar-refractivity contribution < 1.29 is 9.21 Å². The highest BCUT2D eigenvalue weighted by atomic mass is 16.4. The lowest BCUT2D eigenvalue weighted by atomic mass is 10.0. The molecule has 1 amide bonds. The van der Waals surface area contributed by atoms with E-state index in [9.17, 15) is 4.79 Å². The van der Waals surface area contributed by atoms with Crippen LogP contribution in [0.4, 0.5) is 5.82 Å². The van der Waals surface area contributed by atoms with Gasteiger partial charge < -0.3 is 9.73 Å². The average Bonchev–Trinajstić information content (AvgIpc) is 3.61. The van der Waals surface area contributed by atoms with Gasteiger partial charge in [-0.05, 0) is 80.4 Å². The van der Waals surface area contributed by atoms with Crippen LogP contribution in [0.5, 0.6) is 0 Å². The highest BCUT2D eigenvalue weighted by Gasteiger charge is 2.31. The number of nitrogens with zero attached hydrogens (tertiary/aromatic N) is 4. The molecular weight excluding hydrogens is 426 g/mol. The number of aromatic nitrogens is 3. The van der Waals surface area contributed by atoms with Crippen molar-refractivity contribution in [2.45, 2.75) is 44.6 Å². The van der Waals surface area contributed by atoms with Crippen LogP contribution in [-0.4, -0.2) is 40.2 Å². The highest BCUT2D eigenvalue weighted by molar-refractivity contribution is 6.10. The molecule has 0 unspecified atom stereocenters. The largest absolute Gasteiger partial charge is 0.420 e. The van der Waals surface area contributed by atoms with Crippen LogP contribution in [0.2, 0.25) is 0 Å². The first kappa shape index (κ1) is 21.0. The molecule has 2 aliphatic rings. The first-order chi connectivity index (χ1) is 16.7. The molecule has 4 aromatic rings. The molecule has 1 atom stereocenters. The molecule has 1 saturated heterocycles. The van der Waals surface area contributed by atoms with Gasteiger partial charge in [-0.2, -0.15) is 0 Å². The Kier molecular flexibility index (Phi) is 5.34. The maximum atomic E-state index is 14.0. The number of aryl methyl sites for hydroxylation is 1. The van der Waals surface area contributed by atoms with Crippen molar-refractivity contribution in [3.8, 4) is 11.5 Å². The van der Waals surface area contributed by atoms with Crippen molar-refractivity contribution in [1.82, 2.24) is 20.5 Å². The third-order valence-electron chi connectivity index (χ3n) is 6.81. The number of amides is 1. The van der Waals surface area contributed by atoms with Crippen LogP contribution in [0.25, 0.3) is 22.2 Å². The Hall–Kier alpha value is -3.58. The van der Waals surface area contributed by atoms with E-state index >= 15 is 0 Å². The number of carbonyl (C=O) groups is 1. The molecule has 172 valence electrons. The van der Waals surface area contributed by atoms with Crippen LogP contribution >= 0.6 is 0 Å². The van der Waals surface area contributed by atoms with Crippen LogP contribution in [0.1, 0.15) is 53.4 Å². The number of hydrogen-bond donors (Lipinski definition) is 1. The van der Waals surface area contributed by atoms with Crippen LogP contribution in [0.3, 0.4) is 0 Å². The second kappa shape index (κ2) is 8.65. The van der Waals surface area contributed by atoms with E-state index < -0.39 is 0 Å². The average molecular weight is 454 g/mol. The molecule has 7 heteroatoms. The van der Waals surface area contributed by atoms with Gasteiger partial charge in [0.25, 0.3) is 5.91 Å². The third kappa shape index (κ3) is 3.86. The van der Waals surface area contributed by atoms with Gasteiger partial charge in [0.15, 0.2) is 0 Å². The topological polar surface area (TPSA) is 84.2 Å². The van der Waals surface area contributed by atoms with Crippen molar-refractivity contribution in [2.75, 3.05) is 18.0 Å². The molecular formula is C27H27N5O2. The molecule has 2 fully saturated rings. The van der Waals surface area contributed by atoms with Crippen LogP contribution < -0.4 is 10.2 Å². The van der Waals surface area contributed by atoms with E-state index in [1.807, 2.05) is 41.3 Å².